The van der Waals surface area contributed by atoms with Gasteiger partial charge in [-0.3, -0.25) is 19.2 Å². The van der Waals surface area contributed by atoms with Crippen LogP contribution in [-0.2, 0) is 19.2 Å². The lowest BCUT2D eigenvalue weighted by Crippen LogP contribution is -2.62. The summed E-state index contributed by atoms with van der Waals surface area (Å²) in [7, 11) is 0. The first-order valence-electron chi connectivity index (χ1n) is 17.0. The van der Waals surface area contributed by atoms with Crippen LogP contribution in [0.5, 0.6) is 0 Å². The van der Waals surface area contributed by atoms with Gasteiger partial charge in [-0.15, -0.1) is 6.58 Å². The van der Waals surface area contributed by atoms with Crippen LogP contribution in [-0.4, -0.2) is 78.2 Å². The summed E-state index contributed by atoms with van der Waals surface area (Å²) < 4.78 is 0. The Bertz CT molecular complexity index is 1030. The van der Waals surface area contributed by atoms with Gasteiger partial charge in [-0.2, -0.15) is 0 Å². The van der Waals surface area contributed by atoms with Crippen LogP contribution in [0.25, 0.3) is 0 Å². The largest absolute Gasteiger partial charge is 0.346 e. The van der Waals surface area contributed by atoms with Crippen LogP contribution in [0.2, 0.25) is 0 Å². The molecular formula is C34H60N6O5. The van der Waals surface area contributed by atoms with Gasteiger partial charge < -0.3 is 31.9 Å². The van der Waals surface area contributed by atoms with E-state index in [1.54, 1.807) is 4.90 Å². The van der Waals surface area contributed by atoms with E-state index in [0.29, 0.717) is 38.8 Å². The molecule has 1 unspecified atom stereocenters. The van der Waals surface area contributed by atoms with Crippen LogP contribution in [0, 0.1) is 16.7 Å². The van der Waals surface area contributed by atoms with Crippen molar-refractivity contribution in [2.45, 2.75) is 136 Å². The van der Waals surface area contributed by atoms with Gasteiger partial charge in [-0.25, -0.2) is 4.79 Å². The molecule has 5 atom stereocenters. The number of amides is 5. The minimum Gasteiger partial charge on any atom is -0.346 e. The highest BCUT2D eigenvalue weighted by Crippen LogP contribution is 2.40. The lowest BCUT2D eigenvalue weighted by Gasteiger charge is -2.43. The Morgan fingerprint density at radius 3 is 2.27 bits per heavy atom. The summed E-state index contributed by atoms with van der Waals surface area (Å²) in [6.45, 7) is 16.9. The third-order valence-electron chi connectivity index (χ3n) is 9.57. The van der Waals surface area contributed by atoms with Gasteiger partial charge in [-0.1, -0.05) is 79.7 Å². The van der Waals surface area contributed by atoms with E-state index in [1.165, 1.54) is 6.08 Å². The average Bonchev–Trinajstić information content (AvgIpc) is 3.49. The van der Waals surface area contributed by atoms with Gasteiger partial charge in [0.15, 0.2) is 0 Å². The molecule has 0 aromatic rings. The molecule has 2 fully saturated rings. The molecule has 0 radical (unpaired) electrons. The number of unbranched alkanes of at least 4 members (excludes halogenated alkanes) is 1. The summed E-state index contributed by atoms with van der Waals surface area (Å²) >= 11 is 0. The first-order valence-corrected chi connectivity index (χ1v) is 17.0. The van der Waals surface area contributed by atoms with Crippen LogP contribution in [0.1, 0.15) is 112 Å². The molecule has 1 heterocycles. The summed E-state index contributed by atoms with van der Waals surface area (Å²) in [6.07, 6.45) is 9.62. The van der Waals surface area contributed by atoms with Crippen molar-refractivity contribution in [3.05, 3.63) is 12.7 Å². The number of nitrogens with two attached hydrogens (primary N) is 1. The molecule has 256 valence electrons. The predicted molar refractivity (Wildman–Crippen MR) is 177 cm³/mol. The van der Waals surface area contributed by atoms with E-state index in [-0.39, 0.29) is 29.8 Å². The molecule has 0 spiro atoms. The Morgan fingerprint density at radius 1 is 1.02 bits per heavy atom. The van der Waals surface area contributed by atoms with Gasteiger partial charge in [0, 0.05) is 19.1 Å². The molecule has 2 rings (SSSR count). The third-order valence-corrected chi connectivity index (χ3v) is 9.57. The fourth-order valence-electron chi connectivity index (χ4n) is 6.96. The molecule has 45 heavy (non-hydrogen) atoms. The van der Waals surface area contributed by atoms with E-state index in [4.69, 9.17) is 5.73 Å². The van der Waals surface area contributed by atoms with Crippen molar-refractivity contribution in [3.63, 3.8) is 0 Å². The number of ketones is 1. The number of nitrogens with one attached hydrogen (secondary N) is 4. The van der Waals surface area contributed by atoms with Gasteiger partial charge in [0.1, 0.15) is 12.1 Å². The van der Waals surface area contributed by atoms with Gasteiger partial charge >= 0.3 is 6.03 Å². The number of carbonyl (C=O) groups is 5. The maximum Gasteiger partial charge on any atom is 0.315 e. The first-order chi connectivity index (χ1) is 21.2. The Hall–Kier alpha value is -2.95. The lowest BCUT2D eigenvalue weighted by molar-refractivity contribution is -0.144. The number of rotatable bonds is 16. The van der Waals surface area contributed by atoms with Crippen molar-refractivity contribution in [2.24, 2.45) is 22.5 Å². The van der Waals surface area contributed by atoms with E-state index in [2.05, 4.69) is 62.5 Å². The number of nitrogens with zero attached hydrogens (tertiary/aromatic N) is 1. The molecule has 11 nitrogen and oxygen atoms in total. The summed E-state index contributed by atoms with van der Waals surface area (Å²) in [5.41, 5.74) is 5.13. The zero-order chi connectivity index (χ0) is 33.8. The molecule has 1 saturated heterocycles. The summed E-state index contributed by atoms with van der Waals surface area (Å²) in [5.74, 6) is -2.08. The number of hydrogen-bond donors (Lipinski definition) is 5. The number of Topliss-reactive ketones (excluding diaryl/α,β-unsaturated/α-hetero) is 1. The maximum absolute atomic E-state index is 14.4. The van der Waals surface area contributed by atoms with Crippen molar-refractivity contribution >= 4 is 29.5 Å². The van der Waals surface area contributed by atoms with Crippen LogP contribution >= 0.6 is 0 Å². The number of urea groups is 1. The topological polar surface area (TPSA) is 163 Å². The minimum atomic E-state index is -0.986. The smallest absolute Gasteiger partial charge is 0.315 e. The summed E-state index contributed by atoms with van der Waals surface area (Å²) in [4.78, 5) is 68.6. The molecule has 2 aliphatic rings. The van der Waals surface area contributed by atoms with E-state index in [0.717, 1.165) is 44.9 Å². The van der Waals surface area contributed by atoms with E-state index in [9.17, 15) is 24.0 Å². The zero-order valence-electron chi connectivity index (χ0n) is 28.6. The second-order valence-corrected chi connectivity index (χ2v) is 14.4. The van der Waals surface area contributed by atoms with Gasteiger partial charge in [0.25, 0.3) is 5.91 Å². The Balaban J connectivity index is 2.30. The molecule has 1 aliphatic carbocycles. The second kappa shape index (κ2) is 17.7. The van der Waals surface area contributed by atoms with Gasteiger partial charge in [-0.05, 0) is 61.8 Å². The van der Waals surface area contributed by atoms with Crippen molar-refractivity contribution in [3.8, 4) is 0 Å². The highest BCUT2D eigenvalue weighted by Gasteiger charge is 2.47. The predicted octanol–water partition coefficient (Wildman–Crippen LogP) is 3.56. The summed E-state index contributed by atoms with van der Waals surface area (Å²) in [5, 5.41) is 11.5. The molecule has 6 N–H and O–H groups in total. The monoisotopic (exact) mass is 632 g/mol. The number of hydrogen-bond acceptors (Lipinski definition) is 6. The summed E-state index contributed by atoms with van der Waals surface area (Å²) in [6, 6.07) is -3.17. The molecule has 1 aliphatic heterocycles. The van der Waals surface area contributed by atoms with Crippen molar-refractivity contribution in [1.29, 1.82) is 0 Å². The Morgan fingerprint density at radius 2 is 1.69 bits per heavy atom. The maximum atomic E-state index is 14.4. The van der Waals surface area contributed by atoms with E-state index < -0.39 is 47.2 Å². The number of likely N-dealkylation sites (tertiary alicyclic amines) is 1. The highest BCUT2D eigenvalue weighted by atomic mass is 16.2. The fourth-order valence-corrected chi connectivity index (χ4v) is 6.96. The molecule has 11 heteroatoms. The zero-order valence-corrected chi connectivity index (χ0v) is 28.6. The number of carbonyl (C=O) groups excluding carboxylic acids is 5. The van der Waals surface area contributed by atoms with Crippen LogP contribution in [0.4, 0.5) is 4.79 Å². The molecule has 0 aromatic carbocycles. The minimum absolute atomic E-state index is 0.133. The SMILES string of the molecule is C=CCNC(=O)C(=O)C(CCCC)NC(=O)[C@@H]1CCCN1C(=O)[C@@H](NC(=O)N[C@H]([C@H](C)CCN)C(C)(C)C)C1(C)CCCCC1. The molecular weight excluding hydrogens is 572 g/mol. The van der Waals surface area contributed by atoms with E-state index >= 15 is 0 Å². The van der Waals surface area contributed by atoms with Crippen LogP contribution in [0.15, 0.2) is 12.7 Å². The first kappa shape index (κ1) is 38.2. The van der Waals surface area contributed by atoms with Crippen molar-refractivity contribution in [1.82, 2.24) is 26.2 Å². The lowest BCUT2D eigenvalue weighted by atomic mass is 9.70. The average molecular weight is 633 g/mol. The van der Waals surface area contributed by atoms with E-state index in [1.807, 2.05) is 6.92 Å². The second-order valence-electron chi connectivity index (χ2n) is 14.4. The van der Waals surface area contributed by atoms with Crippen molar-refractivity contribution < 1.29 is 24.0 Å². The highest BCUT2D eigenvalue weighted by molar-refractivity contribution is 6.38. The third kappa shape index (κ3) is 10.8. The fraction of sp³-hybridized carbons (Fsp3) is 0.794. The quantitative estimate of drug-likeness (QED) is 0.129. The Labute approximate surface area is 270 Å². The molecule has 0 aromatic heterocycles. The normalized spacial score (nSPS) is 20.7. The molecule has 0 bridgehead atoms. The molecule has 5 amide bonds. The standard InChI is InChI=1S/C34H60N6O5/c1-8-10-15-24(26(41)30(43)36-21-9-2)37-29(42)25-16-14-22-40(25)31(44)28(34(7)18-12-11-13-19-34)39-32(45)38-27(33(4,5)6)23(3)17-20-35/h9,23-25,27-28H,2,8,10-22,35H2,1,3-7H3,(H,36,43)(H,37,42)(H2,38,39,45)/t23-,24?,25+,27-,28-/m1/s1. The van der Waals surface area contributed by atoms with Gasteiger partial charge in [0.05, 0.1) is 6.04 Å². The Kier molecular flexibility index (Phi) is 15.0. The van der Waals surface area contributed by atoms with Crippen LogP contribution in [0.3, 0.4) is 0 Å². The van der Waals surface area contributed by atoms with Crippen molar-refractivity contribution in [2.75, 3.05) is 19.6 Å². The molecule has 1 saturated carbocycles. The van der Waals surface area contributed by atoms with Gasteiger partial charge in [0.2, 0.25) is 17.6 Å². The van der Waals surface area contributed by atoms with Crippen LogP contribution < -0.4 is 27.0 Å².